The van der Waals surface area contributed by atoms with Crippen molar-refractivity contribution < 1.29 is 22.4 Å². The molecule has 0 N–H and O–H groups in total. The molecule has 1 atom stereocenters. The van der Waals surface area contributed by atoms with Crippen LogP contribution in [-0.2, 0) is 4.74 Å². The fourth-order valence-electron chi connectivity index (χ4n) is 2.41. The van der Waals surface area contributed by atoms with Crippen LogP contribution in [0.1, 0.15) is 11.9 Å². The number of alkyl halides is 2. The zero-order chi connectivity index (χ0) is 16.4. The van der Waals surface area contributed by atoms with E-state index >= 15 is 0 Å². The molecule has 1 fully saturated rings. The summed E-state index contributed by atoms with van der Waals surface area (Å²) in [6, 6.07) is 3.25. The standard InChI is InChI=1S/C14H13ClF3N3O2/c15-10-5-8(16)1-2-9(10)13-19-14(23-20-13)11-7-22-4-3-21(11)6-12(17)18/h1-2,5,11-12H,3-4,6-7H2/t11-/m0/s1. The van der Waals surface area contributed by atoms with E-state index < -0.39 is 24.8 Å². The molecule has 0 unspecified atom stereocenters. The Morgan fingerprint density at radius 2 is 2.22 bits per heavy atom. The van der Waals surface area contributed by atoms with Gasteiger partial charge in [0.15, 0.2) is 0 Å². The molecule has 23 heavy (non-hydrogen) atoms. The van der Waals surface area contributed by atoms with E-state index in [2.05, 4.69) is 10.1 Å². The van der Waals surface area contributed by atoms with Gasteiger partial charge in [-0.15, -0.1) is 0 Å². The molecule has 1 saturated heterocycles. The molecule has 0 spiro atoms. The summed E-state index contributed by atoms with van der Waals surface area (Å²) in [5.41, 5.74) is 0.403. The van der Waals surface area contributed by atoms with Gasteiger partial charge in [-0.25, -0.2) is 13.2 Å². The number of ether oxygens (including phenoxy) is 1. The summed E-state index contributed by atoms with van der Waals surface area (Å²) in [6.45, 7) is 0.507. The second-order valence-corrected chi connectivity index (χ2v) is 5.46. The van der Waals surface area contributed by atoms with Crippen LogP contribution in [0.3, 0.4) is 0 Å². The number of aromatic nitrogens is 2. The molecule has 1 aliphatic heterocycles. The molecular formula is C14H13ClF3N3O2. The van der Waals surface area contributed by atoms with Crippen LogP contribution in [0.25, 0.3) is 11.4 Å². The highest BCUT2D eigenvalue weighted by molar-refractivity contribution is 6.33. The lowest BCUT2D eigenvalue weighted by atomic mass is 10.2. The molecule has 0 amide bonds. The number of benzene rings is 1. The van der Waals surface area contributed by atoms with E-state index in [9.17, 15) is 13.2 Å². The van der Waals surface area contributed by atoms with Crippen molar-refractivity contribution in [2.75, 3.05) is 26.3 Å². The maximum absolute atomic E-state index is 13.1. The van der Waals surface area contributed by atoms with E-state index in [1.54, 1.807) is 0 Å². The highest BCUT2D eigenvalue weighted by atomic mass is 35.5. The van der Waals surface area contributed by atoms with Crippen LogP contribution in [0.15, 0.2) is 22.7 Å². The van der Waals surface area contributed by atoms with Crippen LogP contribution in [-0.4, -0.2) is 47.8 Å². The van der Waals surface area contributed by atoms with Crippen LogP contribution in [0, 0.1) is 5.82 Å². The number of rotatable bonds is 4. The third-order valence-corrected chi connectivity index (χ3v) is 3.82. The van der Waals surface area contributed by atoms with Crippen molar-refractivity contribution in [2.45, 2.75) is 12.5 Å². The van der Waals surface area contributed by atoms with Crippen molar-refractivity contribution in [3.8, 4) is 11.4 Å². The SMILES string of the molecule is Fc1ccc(-c2noc([C@@H]3COCCN3CC(F)F)n2)c(Cl)c1. The van der Waals surface area contributed by atoms with E-state index in [1.807, 2.05) is 0 Å². The molecular weight excluding hydrogens is 335 g/mol. The zero-order valence-corrected chi connectivity index (χ0v) is 12.6. The van der Waals surface area contributed by atoms with Crippen molar-refractivity contribution in [1.82, 2.24) is 15.0 Å². The minimum atomic E-state index is -2.47. The van der Waals surface area contributed by atoms with Gasteiger partial charge in [0.1, 0.15) is 11.9 Å². The summed E-state index contributed by atoms with van der Waals surface area (Å²) < 4.78 is 48.9. The van der Waals surface area contributed by atoms with Gasteiger partial charge in [0, 0.05) is 12.1 Å². The lowest BCUT2D eigenvalue weighted by Crippen LogP contribution is -2.42. The second kappa shape index (κ2) is 6.86. The molecule has 124 valence electrons. The molecule has 3 rings (SSSR count). The highest BCUT2D eigenvalue weighted by Gasteiger charge is 2.31. The summed E-state index contributed by atoms with van der Waals surface area (Å²) in [7, 11) is 0. The molecule has 0 aliphatic carbocycles. The van der Waals surface area contributed by atoms with Crippen molar-refractivity contribution in [2.24, 2.45) is 0 Å². The van der Waals surface area contributed by atoms with Gasteiger partial charge in [-0.2, -0.15) is 4.98 Å². The number of nitrogens with zero attached hydrogens (tertiary/aromatic N) is 3. The predicted octanol–water partition coefficient (Wildman–Crippen LogP) is 3.17. The third-order valence-electron chi connectivity index (χ3n) is 3.51. The van der Waals surface area contributed by atoms with Crippen LogP contribution >= 0.6 is 11.6 Å². The molecule has 9 heteroatoms. The third kappa shape index (κ3) is 3.65. The molecule has 0 radical (unpaired) electrons. The minimum Gasteiger partial charge on any atom is -0.378 e. The first kappa shape index (κ1) is 16.2. The lowest BCUT2D eigenvalue weighted by Gasteiger charge is -2.32. The van der Waals surface area contributed by atoms with E-state index in [0.29, 0.717) is 18.7 Å². The van der Waals surface area contributed by atoms with E-state index in [4.69, 9.17) is 20.9 Å². The average molecular weight is 348 g/mol. The summed E-state index contributed by atoms with van der Waals surface area (Å²) >= 11 is 5.96. The topological polar surface area (TPSA) is 51.4 Å². The number of hydrogen-bond acceptors (Lipinski definition) is 5. The number of morpholine rings is 1. The first-order valence-corrected chi connectivity index (χ1v) is 7.31. The number of hydrogen-bond donors (Lipinski definition) is 0. The van der Waals surface area contributed by atoms with E-state index in [1.165, 1.54) is 17.0 Å². The molecule has 2 heterocycles. The Bertz CT molecular complexity index is 683. The zero-order valence-electron chi connectivity index (χ0n) is 11.9. The smallest absolute Gasteiger partial charge is 0.251 e. The van der Waals surface area contributed by atoms with Gasteiger partial charge < -0.3 is 9.26 Å². The lowest BCUT2D eigenvalue weighted by molar-refractivity contribution is -0.0430. The van der Waals surface area contributed by atoms with Crippen LogP contribution < -0.4 is 0 Å². The Kier molecular flexibility index (Phi) is 4.84. The normalized spacial score (nSPS) is 19.4. The van der Waals surface area contributed by atoms with Crippen LogP contribution in [0.4, 0.5) is 13.2 Å². The molecule has 1 aromatic heterocycles. The van der Waals surface area contributed by atoms with Crippen molar-refractivity contribution in [3.63, 3.8) is 0 Å². The van der Waals surface area contributed by atoms with Gasteiger partial charge in [-0.1, -0.05) is 16.8 Å². The molecule has 1 aliphatic rings. The summed E-state index contributed by atoms with van der Waals surface area (Å²) in [4.78, 5) is 5.74. The number of halogens is 4. The summed E-state index contributed by atoms with van der Waals surface area (Å²) in [5.74, 6) is -0.139. The largest absolute Gasteiger partial charge is 0.378 e. The van der Waals surface area contributed by atoms with Gasteiger partial charge in [-0.05, 0) is 18.2 Å². The molecule has 2 aromatic rings. The fraction of sp³-hybridized carbons (Fsp3) is 0.429. The van der Waals surface area contributed by atoms with Crippen LogP contribution in [0.5, 0.6) is 0 Å². The quantitative estimate of drug-likeness (QED) is 0.850. The van der Waals surface area contributed by atoms with Gasteiger partial charge in [0.05, 0.1) is 24.8 Å². The van der Waals surface area contributed by atoms with Gasteiger partial charge >= 0.3 is 0 Å². The molecule has 0 bridgehead atoms. The maximum atomic E-state index is 13.1. The van der Waals surface area contributed by atoms with E-state index in [-0.39, 0.29) is 23.3 Å². The molecule has 5 nitrogen and oxygen atoms in total. The first-order valence-electron chi connectivity index (χ1n) is 6.93. The first-order chi connectivity index (χ1) is 11.0. The maximum Gasteiger partial charge on any atom is 0.251 e. The minimum absolute atomic E-state index is 0.140. The molecule has 1 aromatic carbocycles. The Balaban J connectivity index is 1.85. The van der Waals surface area contributed by atoms with Gasteiger partial charge in [0.2, 0.25) is 11.7 Å². The van der Waals surface area contributed by atoms with Crippen molar-refractivity contribution >= 4 is 11.6 Å². The van der Waals surface area contributed by atoms with Crippen LogP contribution in [0.2, 0.25) is 5.02 Å². The van der Waals surface area contributed by atoms with Gasteiger partial charge in [-0.3, -0.25) is 4.90 Å². The monoisotopic (exact) mass is 347 g/mol. The Morgan fingerprint density at radius 1 is 1.39 bits per heavy atom. The Morgan fingerprint density at radius 3 is 2.96 bits per heavy atom. The average Bonchev–Trinajstić information content (AvgIpc) is 2.96. The highest BCUT2D eigenvalue weighted by Crippen LogP contribution is 2.29. The molecule has 0 saturated carbocycles. The fourth-order valence-corrected chi connectivity index (χ4v) is 2.66. The Labute approximate surface area is 135 Å². The predicted molar refractivity (Wildman–Crippen MR) is 75.8 cm³/mol. The second-order valence-electron chi connectivity index (χ2n) is 5.06. The summed E-state index contributed by atoms with van der Waals surface area (Å²) in [5, 5.41) is 3.94. The Hall–Kier alpha value is -1.64. The van der Waals surface area contributed by atoms with Gasteiger partial charge in [0.25, 0.3) is 6.43 Å². The van der Waals surface area contributed by atoms with Crippen molar-refractivity contribution in [1.29, 1.82) is 0 Å². The summed E-state index contributed by atoms with van der Waals surface area (Å²) in [6.07, 6.45) is -2.47. The van der Waals surface area contributed by atoms with E-state index in [0.717, 1.165) is 6.07 Å². The van der Waals surface area contributed by atoms with Crippen molar-refractivity contribution in [3.05, 3.63) is 34.9 Å².